The zero-order valence-corrected chi connectivity index (χ0v) is 12.3. The molecule has 4 heteroatoms. The Labute approximate surface area is 125 Å². The Bertz CT molecular complexity index is 472. The molecule has 2 N–H and O–H groups in total. The Balaban J connectivity index is 1.68. The van der Waals surface area contributed by atoms with E-state index < -0.39 is 5.97 Å². The molecule has 1 saturated carbocycles. The lowest BCUT2D eigenvalue weighted by Crippen LogP contribution is -2.39. The van der Waals surface area contributed by atoms with Gasteiger partial charge in [-0.05, 0) is 37.7 Å². The van der Waals surface area contributed by atoms with Gasteiger partial charge in [0, 0.05) is 12.5 Å². The molecule has 1 amide bonds. The molecule has 0 heterocycles. The third kappa shape index (κ3) is 5.21. The largest absolute Gasteiger partial charge is 0.481 e. The number of carbonyl (C=O) groups excluding carboxylic acids is 1. The molecule has 1 aromatic carbocycles. The van der Waals surface area contributed by atoms with Gasteiger partial charge in [0.25, 0.3) is 0 Å². The fourth-order valence-electron chi connectivity index (χ4n) is 2.94. The summed E-state index contributed by atoms with van der Waals surface area (Å²) in [7, 11) is 0. The van der Waals surface area contributed by atoms with Crippen molar-refractivity contribution in [3.63, 3.8) is 0 Å². The third-order valence-corrected chi connectivity index (χ3v) is 4.10. The zero-order valence-electron chi connectivity index (χ0n) is 12.3. The topological polar surface area (TPSA) is 66.4 Å². The van der Waals surface area contributed by atoms with Crippen molar-refractivity contribution in [1.29, 1.82) is 0 Å². The molecule has 21 heavy (non-hydrogen) atoms. The van der Waals surface area contributed by atoms with Gasteiger partial charge < -0.3 is 10.4 Å². The predicted molar refractivity (Wildman–Crippen MR) is 80.9 cm³/mol. The van der Waals surface area contributed by atoms with Gasteiger partial charge in [0.05, 0.1) is 5.92 Å². The van der Waals surface area contributed by atoms with E-state index in [9.17, 15) is 9.59 Å². The molecular formula is C17H23NO3. The van der Waals surface area contributed by atoms with Gasteiger partial charge in [-0.1, -0.05) is 36.8 Å². The van der Waals surface area contributed by atoms with Crippen LogP contribution in [0, 0.1) is 5.92 Å². The third-order valence-electron chi connectivity index (χ3n) is 4.10. The van der Waals surface area contributed by atoms with Crippen molar-refractivity contribution < 1.29 is 14.7 Å². The monoisotopic (exact) mass is 289 g/mol. The number of amides is 1. The van der Waals surface area contributed by atoms with Crippen LogP contribution < -0.4 is 5.32 Å². The molecule has 1 aromatic rings. The van der Waals surface area contributed by atoms with Gasteiger partial charge in [-0.25, -0.2) is 0 Å². The summed E-state index contributed by atoms with van der Waals surface area (Å²) in [5, 5.41) is 12.0. The second-order valence-corrected chi connectivity index (χ2v) is 5.81. The molecule has 2 rings (SSSR count). The minimum absolute atomic E-state index is 0.0316. The van der Waals surface area contributed by atoms with Crippen molar-refractivity contribution in [3.05, 3.63) is 35.9 Å². The summed E-state index contributed by atoms with van der Waals surface area (Å²) in [6.45, 7) is 0. The van der Waals surface area contributed by atoms with E-state index in [1.807, 2.05) is 18.2 Å². The highest BCUT2D eigenvalue weighted by Crippen LogP contribution is 2.24. The number of carboxylic acids is 1. The molecule has 0 spiro atoms. The number of rotatable bonds is 6. The van der Waals surface area contributed by atoms with Crippen molar-refractivity contribution >= 4 is 11.9 Å². The second kappa shape index (κ2) is 7.81. The first-order chi connectivity index (χ1) is 10.1. The molecule has 2 atom stereocenters. The lowest BCUT2D eigenvalue weighted by molar-refractivity contribution is -0.143. The number of benzene rings is 1. The fraction of sp³-hybridized carbons (Fsp3) is 0.529. The van der Waals surface area contributed by atoms with Crippen LogP contribution in [0.4, 0.5) is 0 Å². The van der Waals surface area contributed by atoms with Gasteiger partial charge in [-0.15, -0.1) is 0 Å². The minimum Gasteiger partial charge on any atom is -0.481 e. The van der Waals surface area contributed by atoms with E-state index in [1.165, 1.54) is 5.56 Å². The number of hydrogen-bond acceptors (Lipinski definition) is 2. The molecule has 2 unspecified atom stereocenters. The van der Waals surface area contributed by atoms with Crippen LogP contribution in [0.1, 0.15) is 44.1 Å². The summed E-state index contributed by atoms with van der Waals surface area (Å²) >= 11 is 0. The number of aliphatic carboxylic acids is 1. The van der Waals surface area contributed by atoms with E-state index >= 15 is 0 Å². The van der Waals surface area contributed by atoms with Crippen LogP contribution in [0.5, 0.6) is 0 Å². The predicted octanol–water partition coefficient (Wildman–Crippen LogP) is 2.77. The number of aryl methyl sites for hydroxylation is 1. The fourth-order valence-corrected chi connectivity index (χ4v) is 2.94. The molecule has 0 radical (unpaired) electrons. The quantitative estimate of drug-likeness (QED) is 0.846. The highest BCUT2D eigenvalue weighted by molar-refractivity contribution is 5.76. The highest BCUT2D eigenvalue weighted by atomic mass is 16.4. The summed E-state index contributed by atoms with van der Waals surface area (Å²) in [4.78, 5) is 22.9. The van der Waals surface area contributed by atoms with Crippen molar-refractivity contribution in [1.82, 2.24) is 5.32 Å². The van der Waals surface area contributed by atoms with Crippen molar-refractivity contribution in [2.45, 2.75) is 51.0 Å². The number of carboxylic acid groups (broad SMARTS) is 1. The maximum absolute atomic E-state index is 11.9. The molecule has 0 saturated heterocycles. The van der Waals surface area contributed by atoms with Crippen molar-refractivity contribution in [2.24, 2.45) is 5.92 Å². The van der Waals surface area contributed by atoms with Gasteiger partial charge in [0.15, 0.2) is 0 Å². The van der Waals surface area contributed by atoms with Crippen LogP contribution in [0.25, 0.3) is 0 Å². The van der Waals surface area contributed by atoms with Crippen LogP contribution in [0.15, 0.2) is 30.3 Å². The van der Waals surface area contributed by atoms with E-state index in [2.05, 4.69) is 17.4 Å². The first-order valence-electron chi connectivity index (χ1n) is 7.71. The summed E-state index contributed by atoms with van der Waals surface area (Å²) in [5.74, 6) is -0.992. The van der Waals surface area contributed by atoms with Crippen LogP contribution in [0.2, 0.25) is 0 Å². The summed E-state index contributed by atoms with van der Waals surface area (Å²) in [6, 6.07) is 10.2. The molecule has 0 aromatic heterocycles. The Morgan fingerprint density at radius 2 is 1.95 bits per heavy atom. The maximum atomic E-state index is 11.9. The normalized spacial score (nSPS) is 21.7. The molecule has 1 aliphatic carbocycles. The first-order valence-corrected chi connectivity index (χ1v) is 7.71. The SMILES string of the molecule is O=C(CCCc1ccccc1)NC1CCCC(C(=O)O)C1. The summed E-state index contributed by atoms with van der Waals surface area (Å²) in [5.41, 5.74) is 1.24. The lowest BCUT2D eigenvalue weighted by Gasteiger charge is -2.27. The van der Waals surface area contributed by atoms with Gasteiger partial charge >= 0.3 is 5.97 Å². The van der Waals surface area contributed by atoms with Crippen molar-refractivity contribution in [2.75, 3.05) is 0 Å². The highest BCUT2D eigenvalue weighted by Gasteiger charge is 2.27. The van der Waals surface area contributed by atoms with Crippen LogP contribution in [-0.4, -0.2) is 23.0 Å². The zero-order chi connectivity index (χ0) is 15.1. The van der Waals surface area contributed by atoms with Gasteiger partial charge in [0.1, 0.15) is 0 Å². The summed E-state index contributed by atoms with van der Waals surface area (Å²) in [6.07, 6.45) is 5.31. The lowest BCUT2D eigenvalue weighted by atomic mass is 9.85. The minimum atomic E-state index is -0.738. The van der Waals surface area contributed by atoms with Gasteiger partial charge in [-0.3, -0.25) is 9.59 Å². The molecule has 114 valence electrons. The Morgan fingerprint density at radius 3 is 2.67 bits per heavy atom. The molecule has 0 aliphatic heterocycles. The maximum Gasteiger partial charge on any atom is 0.306 e. The second-order valence-electron chi connectivity index (χ2n) is 5.81. The smallest absolute Gasteiger partial charge is 0.306 e. The van der Waals surface area contributed by atoms with Gasteiger partial charge in [0.2, 0.25) is 5.91 Å². The standard InChI is InChI=1S/C17H23NO3/c19-16(11-4-8-13-6-2-1-3-7-13)18-15-10-5-9-14(12-15)17(20)21/h1-3,6-7,14-15H,4-5,8-12H2,(H,18,19)(H,20,21). The van der Waals surface area contributed by atoms with E-state index in [4.69, 9.17) is 5.11 Å². The number of hydrogen-bond donors (Lipinski definition) is 2. The van der Waals surface area contributed by atoms with E-state index in [0.29, 0.717) is 12.8 Å². The van der Waals surface area contributed by atoms with Crippen LogP contribution in [0.3, 0.4) is 0 Å². The van der Waals surface area contributed by atoms with Crippen molar-refractivity contribution in [3.8, 4) is 0 Å². The average molecular weight is 289 g/mol. The van der Waals surface area contributed by atoms with Crippen LogP contribution >= 0.6 is 0 Å². The molecule has 1 aliphatic rings. The first kappa shape index (κ1) is 15.5. The van der Waals surface area contributed by atoms with E-state index in [-0.39, 0.29) is 17.9 Å². The Hall–Kier alpha value is -1.84. The molecule has 4 nitrogen and oxygen atoms in total. The number of carbonyl (C=O) groups is 2. The van der Waals surface area contributed by atoms with Crippen LogP contribution in [-0.2, 0) is 16.0 Å². The van der Waals surface area contributed by atoms with Gasteiger partial charge in [-0.2, -0.15) is 0 Å². The average Bonchev–Trinajstić information content (AvgIpc) is 2.48. The molecular weight excluding hydrogens is 266 g/mol. The Kier molecular flexibility index (Phi) is 5.78. The number of nitrogens with one attached hydrogen (secondary N) is 1. The Morgan fingerprint density at radius 1 is 1.19 bits per heavy atom. The summed E-state index contributed by atoms with van der Waals surface area (Å²) < 4.78 is 0. The van der Waals surface area contributed by atoms with E-state index in [1.54, 1.807) is 0 Å². The van der Waals surface area contributed by atoms with E-state index in [0.717, 1.165) is 32.1 Å². The molecule has 1 fully saturated rings. The molecule has 0 bridgehead atoms.